The van der Waals surface area contributed by atoms with Crippen molar-refractivity contribution in [2.24, 2.45) is 0 Å². The maximum atomic E-state index is 12.4. The molecule has 1 aliphatic rings. The van der Waals surface area contributed by atoms with E-state index in [0.717, 1.165) is 5.69 Å². The maximum Gasteiger partial charge on any atom is 0.254 e. The van der Waals surface area contributed by atoms with E-state index in [4.69, 9.17) is 11.6 Å². The fourth-order valence-electron chi connectivity index (χ4n) is 2.53. The fourth-order valence-corrected chi connectivity index (χ4v) is 2.72. The summed E-state index contributed by atoms with van der Waals surface area (Å²) in [7, 11) is 0. The molecule has 3 rings (SSSR count). The topological polar surface area (TPSA) is 40.6 Å². The molecule has 0 spiro atoms. The van der Waals surface area contributed by atoms with Gasteiger partial charge in [0.15, 0.2) is 0 Å². The summed E-state index contributed by atoms with van der Waals surface area (Å²) in [5.74, 6) is -0.239. The van der Waals surface area contributed by atoms with Crippen LogP contribution in [0.1, 0.15) is 10.4 Å². The number of hydrogen-bond donors (Lipinski definition) is 0. The summed E-state index contributed by atoms with van der Waals surface area (Å²) in [6.45, 7) is 1.08. The molecule has 0 saturated carbocycles. The van der Waals surface area contributed by atoms with E-state index >= 15 is 0 Å². The molecule has 0 atom stereocenters. The summed E-state index contributed by atoms with van der Waals surface area (Å²) in [5.41, 5.74) is 1.37. The van der Waals surface area contributed by atoms with Gasteiger partial charge in [0.1, 0.15) is 6.54 Å². The molecule has 4 nitrogen and oxygen atoms in total. The van der Waals surface area contributed by atoms with Crippen LogP contribution in [-0.2, 0) is 4.79 Å². The minimum absolute atomic E-state index is 0.0761. The molecular formula is C17H15ClN2O2. The molecule has 0 aliphatic carbocycles. The first-order valence-electron chi connectivity index (χ1n) is 7.05. The highest BCUT2D eigenvalue weighted by Crippen LogP contribution is 2.18. The standard InChI is InChI=1S/C17H15ClN2O2/c18-14-6-4-5-13(11-14)17(22)19-9-10-20(16(21)12-19)15-7-2-1-3-8-15/h1-8,11H,9-10,12H2. The van der Waals surface area contributed by atoms with Crippen molar-refractivity contribution < 1.29 is 9.59 Å². The van der Waals surface area contributed by atoms with E-state index in [2.05, 4.69) is 0 Å². The molecule has 2 aromatic carbocycles. The van der Waals surface area contributed by atoms with Gasteiger partial charge >= 0.3 is 0 Å². The molecule has 0 bridgehead atoms. The lowest BCUT2D eigenvalue weighted by Crippen LogP contribution is -2.52. The van der Waals surface area contributed by atoms with Crippen LogP contribution in [-0.4, -0.2) is 36.3 Å². The van der Waals surface area contributed by atoms with Crippen LogP contribution in [0.2, 0.25) is 5.02 Å². The van der Waals surface area contributed by atoms with E-state index in [9.17, 15) is 9.59 Å². The predicted octanol–water partition coefficient (Wildman–Crippen LogP) is 2.83. The van der Waals surface area contributed by atoms with Crippen molar-refractivity contribution in [1.82, 2.24) is 4.90 Å². The third-order valence-corrected chi connectivity index (χ3v) is 3.88. The van der Waals surface area contributed by atoms with Crippen molar-refractivity contribution in [3.63, 3.8) is 0 Å². The van der Waals surface area contributed by atoms with E-state index < -0.39 is 0 Å². The van der Waals surface area contributed by atoms with Crippen molar-refractivity contribution in [1.29, 1.82) is 0 Å². The quantitative estimate of drug-likeness (QED) is 0.855. The number of nitrogens with zero attached hydrogens (tertiary/aromatic N) is 2. The van der Waals surface area contributed by atoms with Gasteiger partial charge < -0.3 is 9.80 Å². The van der Waals surface area contributed by atoms with Gasteiger partial charge in [-0.15, -0.1) is 0 Å². The Morgan fingerprint density at radius 1 is 1.00 bits per heavy atom. The number of anilines is 1. The highest BCUT2D eigenvalue weighted by molar-refractivity contribution is 6.31. The largest absolute Gasteiger partial charge is 0.328 e. The van der Waals surface area contributed by atoms with Gasteiger partial charge in [-0.3, -0.25) is 9.59 Å². The van der Waals surface area contributed by atoms with Crippen LogP contribution in [0.5, 0.6) is 0 Å². The number of carbonyl (C=O) groups excluding carboxylic acids is 2. The van der Waals surface area contributed by atoms with Crippen LogP contribution in [0.4, 0.5) is 5.69 Å². The third kappa shape index (κ3) is 2.97. The van der Waals surface area contributed by atoms with Crippen LogP contribution in [0.3, 0.4) is 0 Å². The smallest absolute Gasteiger partial charge is 0.254 e. The number of halogens is 1. The average Bonchev–Trinajstić information content (AvgIpc) is 2.55. The second-order valence-corrected chi connectivity index (χ2v) is 5.55. The lowest BCUT2D eigenvalue weighted by atomic mass is 10.1. The minimum Gasteiger partial charge on any atom is -0.328 e. The zero-order valence-electron chi connectivity index (χ0n) is 11.9. The lowest BCUT2D eigenvalue weighted by Gasteiger charge is -2.34. The Balaban J connectivity index is 1.73. The second kappa shape index (κ2) is 6.20. The number of carbonyl (C=O) groups is 2. The molecule has 0 N–H and O–H groups in total. The van der Waals surface area contributed by atoms with Crippen molar-refractivity contribution in [3.05, 3.63) is 65.2 Å². The van der Waals surface area contributed by atoms with E-state index in [-0.39, 0.29) is 18.4 Å². The Kier molecular flexibility index (Phi) is 4.11. The van der Waals surface area contributed by atoms with E-state index in [0.29, 0.717) is 23.7 Å². The van der Waals surface area contributed by atoms with Crippen LogP contribution in [0, 0.1) is 0 Å². The number of benzene rings is 2. The van der Waals surface area contributed by atoms with Crippen LogP contribution in [0.25, 0.3) is 0 Å². The Morgan fingerprint density at radius 3 is 2.45 bits per heavy atom. The molecule has 1 saturated heterocycles. The summed E-state index contributed by atoms with van der Waals surface area (Å²) in [5, 5.41) is 0.514. The van der Waals surface area contributed by atoms with E-state index in [1.54, 1.807) is 34.1 Å². The molecule has 0 aromatic heterocycles. The van der Waals surface area contributed by atoms with Crippen molar-refractivity contribution in [3.8, 4) is 0 Å². The van der Waals surface area contributed by atoms with Gasteiger partial charge in [0.2, 0.25) is 5.91 Å². The first-order valence-corrected chi connectivity index (χ1v) is 7.43. The van der Waals surface area contributed by atoms with Crippen LogP contribution in [0.15, 0.2) is 54.6 Å². The second-order valence-electron chi connectivity index (χ2n) is 5.12. The molecule has 22 heavy (non-hydrogen) atoms. The average molecular weight is 315 g/mol. The van der Waals surface area contributed by atoms with Gasteiger partial charge in [-0.05, 0) is 30.3 Å². The summed E-state index contributed by atoms with van der Waals surface area (Å²) in [4.78, 5) is 28.0. The first kappa shape index (κ1) is 14.6. The number of para-hydroxylation sites is 1. The van der Waals surface area contributed by atoms with Crippen molar-refractivity contribution >= 4 is 29.1 Å². The number of piperazine rings is 1. The highest BCUT2D eigenvalue weighted by atomic mass is 35.5. The molecular weight excluding hydrogens is 300 g/mol. The molecule has 1 heterocycles. The molecule has 5 heteroatoms. The van der Waals surface area contributed by atoms with Gasteiger partial charge in [0, 0.05) is 29.4 Å². The third-order valence-electron chi connectivity index (χ3n) is 3.65. The van der Waals surface area contributed by atoms with Gasteiger partial charge in [-0.1, -0.05) is 35.9 Å². The Morgan fingerprint density at radius 2 is 1.77 bits per heavy atom. The molecule has 1 fully saturated rings. The molecule has 1 aliphatic heterocycles. The molecule has 2 amide bonds. The van der Waals surface area contributed by atoms with E-state index in [1.165, 1.54) is 0 Å². The first-order chi connectivity index (χ1) is 10.6. The zero-order chi connectivity index (χ0) is 15.5. The molecule has 0 unspecified atom stereocenters. The normalized spacial score (nSPS) is 15.0. The van der Waals surface area contributed by atoms with Gasteiger partial charge in [-0.2, -0.15) is 0 Å². The monoisotopic (exact) mass is 314 g/mol. The number of amides is 2. The van der Waals surface area contributed by atoms with E-state index in [1.807, 2.05) is 30.3 Å². The summed E-state index contributed by atoms with van der Waals surface area (Å²) >= 11 is 5.91. The van der Waals surface area contributed by atoms with Gasteiger partial charge in [-0.25, -0.2) is 0 Å². The van der Waals surface area contributed by atoms with Gasteiger partial charge in [0.05, 0.1) is 0 Å². The Hall–Kier alpha value is -2.33. The zero-order valence-corrected chi connectivity index (χ0v) is 12.7. The summed E-state index contributed by atoms with van der Waals surface area (Å²) < 4.78 is 0. The number of rotatable bonds is 2. The Labute approximate surface area is 133 Å². The SMILES string of the molecule is O=C(c1cccc(Cl)c1)N1CCN(c2ccccc2)C(=O)C1. The number of hydrogen-bond acceptors (Lipinski definition) is 2. The van der Waals surface area contributed by atoms with Crippen molar-refractivity contribution in [2.45, 2.75) is 0 Å². The molecule has 2 aromatic rings. The predicted molar refractivity (Wildman–Crippen MR) is 86.2 cm³/mol. The molecule has 0 radical (unpaired) electrons. The van der Waals surface area contributed by atoms with Crippen LogP contribution < -0.4 is 4.90 Å². The highest BCUT2D eigenvalue weighted by Gasteiger charge is 2.28. The lowest BCUT2D eigenvalue weighted by molar-refractivity contribution is -0.120. The minimum atomic E-state index is -0.163. The van der Waals surface area contributed by atoms with Crippen LogP contribution >= 0.6 is 11.6 Å². The van der Waals surface area contributed by atoms with Crippen molar-refractivity contribution in [2.75, 3.05) is 24.5 Å². The summed E-state index contributed by atoms with van der Waals surface area (Å²) in [6, 6.07) is 16.3. The molecule has 112 valence electrons. The summed E-state index contributed by atoms with van der Waals surface area (Å²) in [6.07, 6.45) is 0. The fraction of sp³-hybridized carbons (Fsp3) is 0.176. The Bertz CT molecular complexity index is 703. The maximum absolute atomic E-state index is 12.4. The van der Waals surface area contributed by atoms with Gasteiger partial charge in [0.25, 0.3) is 5.91 Å².